The maximum Gasteiger partial charge on any atom is 0.322 e. The number of hydrogen-bond donors (Lipinski definition) is 1. The van der Waals surface area contributed by atoms with Crippen molar-refractivity contribution >= 4 is 11.7 Å². The Labute approximate surface area is 163 Å². The number of amides is 2. The van der Waals surface area contributed by atoms with Crippen molar-refractivity contribution in [3.05, 3.63) is 67.0 Å². The third kappa shape index (κ3) is 4.52. The molecule has 1 aromatic carbocycles. The zero-order valence-corrected chi connectivity index (χ0v) is 15.4. The number of benzene rings is 1. The van der Waals surface area contributed by atoms with Gasteiger partial charge in [0.15, 0.2) is 0 Å². The first kappa shape index (κ1) is 18.1. The van der Waals surface area contributed by atoms with E-state index in [2.05, 4.69) is 20.5 Å². The number of urea groups is 1. The summed E-state index contributed by atoms with van der Waals surface area (Å²) < 4.78 is 7.52. The van der Waals surface area contributed by atoms with Gasteiger partial charge >= 0.3 is 6.03 Å². The van der Waals surface area contributed by atoms with Crippen molar-refractivity contribution in [3.63, 3.8) is 0 Å². The predicted molar refractivity (Wildman–Crippen MR) is 104 cm³/mol. The second kappa shape index (κ2) is 8.62. The fourth-order valence-corrected chi connectivity index (χ4v) is 3.22. The van der Waals surface area contributed by atoms with Gasteiger partial charge in [-0.15, -0.1) is 10.2 Å². The molecule has 0 unspecified atom stereocenters. The molecule has 8 heteroatoms. The molecular weight excluding hydrogens is 356 g/mol. The lowest BCUT2D eigenvalue weighted by Crippen LogP contribution is -2.39. The van der Waals surface area contributed by atoms with Gasteiger partial charge in [-0.25, -0.2) is 4.79 Å². The summed E-state index contributed by atoms with van der Waals surface area (Å²) in [6.07, 6.45) is 7.04. The Morgan fingerprint density at radius 3 is 2.86 bits per heavy atom. The molecular formula is C20H22N6O2. The van der Waals surface area contributed by atoms with Gasteiger partial charge in [-0.2, -0.15) is 0 Å². The highest BCUT2D eigenvalue weighted by Gasteiger charge is 2.23. The Kier molecular flexibility index (Phi) is 5.58. The number of nitrogens with one attached hydrogen (secondary N) is 1. The van der Waals surface area contributed by atoms with E-state index < -0.39 is 0 Å². The fraction of sp³-hybridized carbons (Fsp3) is 0.300. The van der Waals surface area contributed by atoms with E-state index in [0.717, 1.165) is 30.8 Å². The van der Waals surface area contributed by atoms with Crippen molar-refractivity contribution in [2.24, 2.45) is 0 Å². The zero-order valence-electron chi connectivity index (χ0n) is 15.4. The lowest BCUT2D eigenvalue weighted by molar-refractivity contribution is 0.0816. The molecule has 0 spiro atoms. The standard InChI is InChI=1S/C20H22N6O2/c27-20(24-16-6-3-7-18(11-16)26-14-22-23-15-26)25(13-19-8-4-10-28-19)12-17-5-1-2-9-21-17/h1-3,5-7,9,11,14-15,19H,4,8,10,12-13H2,(H,24,27)/t19-/m0/s1. The van der Waals surface area contributed by atoms with E-state index in [0.29, 0.717) is 18.8 Å². The smallest absolute Gasteiger partial charge is 0.322 e. The minimum absolute atomic E-state index is 0.0674. The van der Waals surface area contributed by atoms with Gasteiger partial charge < -0.3 is 15.0 Å². The summed E-state index contributed by atoms with van der Waals surface area (Å²) in [5.74, 6) is 0. The van der Waals surface area contributed by atoms with Crippen LogP contribution in [0.25, 0.3) is 5.69 Å². The Hall–Kier alpha value is -3.26. The van der Waals surface area contributed by atoms with Crippen molar-refractivity contribution in [2.45, 2.75) is 25.5 Å². The number of carbonyl (C=O) groups excluding carboxylic acids is 1. The van der Waals surface area contributed by atoms with E-state index in [1.165, 1.54) is 0 Å². The third-order valence-electron chi connectivity index (χ3n) is 4.63. The molecule has 1 atom stereocenters. The maximum atomic E-state index is 13.0. The molecule has 1 N–H and O–H groups in total. The van der Waals surface area contributed by atoms with Crippen LogP contribution in [-0.4, -0.2) is 49.9 Å². The Morgan fingerprint density at radius 1 is 1.21 bits per heavy atom. The van der Waals surface area contributed by atoms with Crippen LogP contribution in [0.3, 0.4) is 0 Å². The van der Waals surface area contributed by atoms with Gasteiger partial charge in [0.2, 0.25) is 0 Å². The Bertz CT molecular complexity index is 894. The molecule has 1 saturated heterocycles. The van der Waals surface area contributed by atoms with Gasteiger partial charge in [-0.3, -0.25) is 9.55 Å². The number of anilines is 1. The molecule has 4 rings (SSSR count). The van der Waals surface area contributed by atoms with Crippen LogP contribution in [0.15, 0.2) is 61.3 Å². The van der Waals surface area contributed by atoms with E-state index >= 15 is 0 Å². The molecule has 1 aliphatic rings. The Balaban J connectivity index is 1.49. The largest absolute Gasteiger partial charge is 0.376 e. The molecule has 28 heavy (non-hydrogen) atoms. The third-order valence-corrected chi connectivity index (χ3v) is 4.63. The molecule has 0 aliphatic carbocycles. The van der Waals surface area contributed by atoms with Gasteiger partial charge in [-0.1, -0.05) is 12.1 Å². The molecule has 0 bridgehead atoms. The number of hydrogen-bond acceptors (Lipinski definition) is 5. The number of aromatic nitrogens is 4. The van der Waals surface area contributed by atoms with Crippen LogP contribution >= 0.6 is 0 Å². The lowest BCUT2D eigenvalue weighted by Gasteiger charge is -2.25. The van der Waals surface area contributed by atoms with Gasteiger partial charge in [0.1, 0.15) is 12.7 Å². The van der Waals surface area contributed by atoms with Crippen LogP contribution in [-0.2, 0) is 11.3 Å². The van der Waals surface area contributed by atoms with Crippen molar-refractivity contribution < 1.29 is 9.53 Å². The molecule has 0 saturated carbocycles. The van der Waals surface area contributed by atoms with Crippen LogP contribution < -0.4 is 5.32 Å². The van der Waals surface area contributed by atoms with Crippen LogP contribution in [0, 0.1) is 0 Å². The highest BCUT2D eigenvalue weighted by molar-refractivity contribution is 5.89. The normalized spacial score (nSPS) is 16.1. The molecule has 3 aromatic rings. The van der Waals surface area contributed by atoms with Crippen LogP contribution in [0.2, 0.25) is 0 Å². The SMILES string of the molecule is O=C(Nc1cccc(-n2cnnc2)c1)N(Cc1ccccn1)C[C@@H]1CCCO1. The van der Waals surface area contributed by atoms with E-state index in [-0.39, 0.29) is 12.1 Å². The number of nitrogens with zero attached hydrogens (tertiary/aromatic N) is 5. The van der Waals surface area contributed by atoms with Crippen molar-refractivity contribution in [1.29, 1.82) is 0 Å². The van der Waals surface area contributed by atoms with Gasteiger partial charge in [0, 0.05) is 25.0 Å². The first-order chi connectivity index (χ1) is 13.8. The fourth-order valence-electron chi connectivity index (χ4n) is 3.22. The van der Waals surface area contributed by atoms with Crippen LogP contribution in [0.4, 0.5) is 10.5 Å². The average molecular weight is 378 g/mol. The zero-order chi connectivity index (χ0) is 19.2. The summed E-state index contributed by atoms with van der Waals surface area (Å²) in [6, 6.07) is 13.1. The summed E-state index contributed by atoms with van der Waals surface area (Å²) in [4.78, 5) is 19.1. The molecule has 1 fully saturated rings. The molecule has 3 heterocycles. The highest BCUT2D eigenvalue weighted by atomic mass is 16.5. The van der Waals surface area contributed by atoms with E-state index in [4.69, 9.17) is 4.74 Å². The first-order valence-electron chi connectivity index (χ1n) is 9.30. The number of rotatable bonds is 6. The second-order valence-electron chi connectivity index (χ2n) is 6.69. The molecule has 0 radical (unpaired) electrons. The van der Waals surface area contributed by atoms with Gasteiger partial charge in [-0.05, 0) is 43.2 Å². The summed E-state index contributed by atoms with van der Waals surface area (Å²) in [7, 11) is 0. The molecule has 2 amide bonds. The van der Waals surface area contributed by atoms with Crippen molar-refractivity contribution in [3.8, 4) is 5.69 Å². The minimum Gasteiger partial charge on any atom is -0.376 e. The predicted octanol–water partition coefficient (Wildman–Crippen LogP) is 2.88. The molecule has 1 aliphatic heterocycles. The minimum atomic E-state index is -0.179. The van der Waals surface area contributed by atoms with E-state index in [1.54, 1.807) is 28.3 Å². The van der Waals surface area contributed by atoms with E-state index in [1.807, 2.05) is 42.5 Å². The first-order valence-corrected chi connectivity index (χ1v) is 9.30. The number of ether oxygens (including phenoxy) is 1. The molecule has 8 nitrogen and oxygen atoms in total. The lowest BCUT2D eigenvalue weighted by atomic mass is 10.2. The molecule has 2 aromatic heterocycles. The Morgan fingerprint density at radius 2 is 2.11 bits per heavy atom. The summed E-state index contributed by atoms with van der Waals surface area (Å²) in [5, 5.41) is 10.6. The second-order valence-corrected chi connectivity index (χ2v) is 6.69. The van der Waals surface area contributed by atoms with Gasteiger partial charge in [0.25, 0.3) is 0 Å². The van der Waals surface area contributed by atoms with Gasteiger partial charge in [0.05, 0.1) is 24.0 Å². The quantitative estimate of drug-likeness (QED) is 0.713. The summed E-state index contributed by atoms with van der Waals surface area (Å²) in [6.45, 7) is 1.72. The number of pyridine rings is 1. The van der Waals surface area contributed by atoms with Crippen molar-refractivity contribution in [2.75, 3.05) is 18.5 Å². The average Bonchev–Trinajstić information content (AvgIpc) is 3.43. The monoisotopic (exact) mass is 378 g/mol. The van der Waals surface area contributed by atoms with Crippen LogP contribution in [0.1, 0.15) is 18.5 Å². The summed E-state index contributed by atoms with van der Waals surface area (Å²) >= 11 is 0. The van der Waals surface area contributed by atoms with E-state index in [9.17, 15) is 4.79 Å². The highest BCUT2D eigenvalue weighted by Crippen LogP contribution is 2.18. The van der Waals surface area contributed by atoms with Crippen LogP contribution in [0.5, 0.6) is 0 Å². The van der Waals surface area contributed by atoms with Crippen molar-refractivity contribution in [1.82, 2.24) is 24.6 Å². The summed E-state index contributed by atoms with van der Waals surface area (Å²) in [5.41, 5.74) is 2.42. The topological polar surface area (TPSA) is 85.2 Å². The molecule has 144 valence electrons. The number of carbonyl (C=O) groups is 1. The maximum absolute atomic E-state index is 13.0.